The Balaban J connectivity index is 1.07. The monoisotopic (exact) mass is 1090 g/mol. The van der Waals surface area contributed by atoms with Crippen LogP contribution in [-0.2, 0) is 51.4 Å². The van der Waals surface area contributed by atoms with Gasteiger partial charge in [-0.05, 0) is 116 Å². The molecule has 0 bridgehead atoms. The maximum absolute atomic E-state index is 13.6. The molecule has 3 aromatic carbocycles. The van der Waals surface area contributed by atoms with Crippen LogP contribution < -0.4 is 62.2 Å². The largest absolute Gasteiger partial charge is 0.493 e. The van der Waals surface area contributed by atoms with Crippen LogP contribution in [-0.4, -0.2) is 118 Å². The highest BCUT2D eigenvalue weighted by Crippen LogP contribution is 2.50. The lowest BCUT2D eigenvalue weighted by Crippen LogP contribution is -2.54. The van der Waals surface area contributed by atoms with E-state index in [1.54, 1.807) is 55.1 Å². The third-order valence-electron chi connectivity index (χ3n) is 13.6. The first-order chi connectivity index (χ1) is 37.4. The molecule has 5 rings (SSSR count). The second kappa shape index (κ2) is 30.1. The number of aryl methyl sites for hydroxylation is 1. The maximum Gasteiger partial charge on any atom is 0.312 e. The van der Waals surface area contributed by atoms with Gasteiger partial charge in [-0.1, -0.05) is 32.0 Å². The van der Waals surface area contributed by atoms with E-state index in [0.29, 0.717) is 96.8 Å². The number of benzene rings is 2. The number of likely N-dealkylation sites (tertiary alicyclic amines) is 1. The van der Waals surface area contributed by atoms with E-state index in [1.807, 2.05) is 6.07 Å². The van der Waals surface area contributed by atoms with E-state index in [0.717, 1.165) is 5.56 Å². The molecule has 1 saturated heterocycles. The number of urea groups is 1. The number of ether oxygens (including phenoxy) is 4. The summed E-state index contributed by atoms with van der Waals surface area (Å²) < 4.78 is 22.5. The van der Waals surface area contributed by atoms with Crippen molar-refractivity contribution in [3.8, 4) is 34.1 Å². The van der Waals surface area contributed by atoms with Gasteiger partial charge in [0.05, 0.1) is 47.0 Å². The molecule has 0 saturated carbocycles. The van der Waals surface area contributed by atoms with Crippen molar-refractivity contribution in [2.75, 3.05) is 53.4 Å². The Kier molecular flexibility index (Phi) is 23.5. The number of nitrogens with one attached hydrogen (secondary N) is 6. The van der Waals surface area contributed by atoms with Crippen LogP contribution in [0.4, 0.5) is 10.5 Å². The number of carboxylic acid groups (broad SMARTS) is 1. The highest BCUT2D eigenvalue weighted by atomic mass is 16.6. The minimum absolute atomic E-state index is 0.00711. The molecule has 2 unspecified atom stereocenters. The fourth-order valence-corrected chi connectivity index (χ4v) is 9.38. The van der Waals surface area contributed by atoms with Crippen molar-refractivity contribution in [3.63, 3.8) is 0 Å². The van der Waals surface area contributed by atoms with Crippen molar-refractivity contribution in [1.82, 2.24) is 31.6 Å². The fourth-order valence-electron chi connectivity index (χ4n) is 9.38. The number of primary amides is 1. The van der Waals surface area contributed by atoms with Crippen molar-refractivity contribution < 1.29 is 67.2 Å². The number of carbonyl (C=O) groups is 8. The molecule has 0 radical (unpaired) electrons. The summed E-state index contributed by atoms with van der Waals surface area (Å²) in [6.07, 6.45) is 3.39. The average Bonchev–Trinajstić information content (AvgIpc) is 3.70. The van der Waals surface area contributed by atoms with Gasteiger partial charge in [-0.3, -0.25) is 43.2 Å². The Bertz CT molecular complexity index is 2680. The molecule has 1 heterocycles. The van der Waals surface area contributed by atoms with E-state index >= 15 is 0 Å². The van der Waals surface area contributed by atoms with Crippen LogP contribution in [0.5, 0.6) is 23.0 Å². The van der Waals surface area contributed by atoms with Crippen LogP contribution >= 0.6 is 0 Å². The second-order valence-electron chi connectivity index (χ2n) is 19.5. The van der Waals surface area contributed by atoms with Crippen LogP contribution in [0.3, 0.4) is 0 Å². The second-order valence-corrected chi connectivity index (χ2v) is 19.5. The first-order valence-electron chi connectivity index (χ1n) is 26.2. The lowest BCUT2D eigenvalue weighted by atomic mass is 9.95. The standard InChI is InChI=1S/C55H74N8O15/c1-32(2)49(61-45(66)14-9-15-47(68)63-27-24-34(25-28-63)54(71)72)53(70)60-40(11-10-26-57-55(56)73)52(69)58-36-19-16-33(17-20-36)31-78-62-46(67)13-8-7-12-44(65)59-39-22-18-35-29-43(75-4)50(76-5)51(77-6)48(35)37-21-23-42(74-3)41(64)30-38(37)39/h16-17,19-21,23,29-30,32,34,39-40,49H,7-15,18,22,24-28,31H2,1-6H3,(H,58,69)(H,59,65)(H,60,70)(H,61,66)(H,62,67)(H,71,72)(H3,56,57,73)/t39?,40-,49?/m0/s1. The maximum atomic E-state index is 13.6. The van der Waals surface area contributed by atoms with Gasteiger partial charge in [-0.15, -0.1) is 0 Å². The number of hydrogen-bond acceptors (Lipinski definition) is 14. The minimum atomic E-state index is -1.08. The van der Waals surface area contributed by atoms with Crippen LogP contribution in [0.15, 0.2) is 53.3 Å². The number of hydrogen-bond donors (Lipinski definition) is 8. The quantitative estimate of drug-likeness (QED) is 0.0374. The zero-order valence-electron chi connectivity index (χ0n) is 45.2. The van der Waals surface area contributed by atoms with E-state index < -0.39 is 59.7 Å². The lowest BCUT2D eigenvalue weighted by Gasteiger charge is -2.30. The predicted octanol–water partition coefficient (Wildman–Crippen LogP) is 4.17. The summed E-state index contributed by atoms with van der Waals surface area (Å²) >= 11 is 0. The van der Waals surface area contributed by atoms with Gasteiger partial charge in [-0.25, -0.2) is 10.3 Å². The molecule has 424 valence electrons. The van der Waals surface area contributed by atoms with E-state index in [2.05, 4.69) is 32.1 Å². The zero-order chi connectivity index (χ0) is 56.9. The molecule has 2 aliphatic rings. The van der Waals surface area contributed by atoms with Crippen LogP contribution in [0.1, 0.15) is 114 Å². The van der Waals surface area contributed by atoms with Gasteiger partial charge in [0.25, 0.3) is 0 Å². The zero-order valence-corrected chi connectivity index (χ0v) is 45.2. The summed E-state index contributed by atoms with van der Waals surface area (Å²) in [5, 5.41) is 23.0. The molecule has 9 N–H and O–H groups in total. The number of carboxylic acids is 1. The van der Waals surface area contributed by atoms with Crippen molar-refractivity contribution in [2.24, 2.45) is 17.6 Å². The molecule has 8 amide bonds. The number of hydroxylamine groups is 1. The summed E-state index contributed by atoms with van der Waals surface area (Å²) in [5.74, 6) is -2.73. The van der Waals surface area contributed by atoms with Gasteiger partial charge in [0.15, 0.2) is 17.2 Å². The molecule has 1 fully saturated rings. The lowest BCUT2D eigenvalue weighted by molar-refractivity contribution is -0.145. The number of fused-ring (bicyclic) bond motifs is 3. The first-order valence-corrected chi connectivity index (χ1v) is 26.2. The highest BCUT2D eigenvalue weighted by Gasteiger charge is 2.32. The molecule has 23 heteroatoms. The smallest absolute Gasteiger partial charge is 0.312 e. The Morgan fingerprint density at radius 1 is 0.731 bits per heavy atom. The van der Waals surface area contributed by atoms with Gasteiger partial charge >= 0.3 is 12.0 Å². The SMILES string of the molecule is COc1cc2c(c(OC)c1OC)-c1ccc(OC)c(=O)cc1C(NC(=O)CCCCC(=O)NOCc1ccc(NC(=O)[C@H](CCCNC(N)=O)NC(=O)C(NC(=O)CCCC(=O)N3CCC(C(=O)O)CC3)C(C)C)cc1)CC2. The molecule has 3 atom stereocenters. The van der Waals surface area contributed by atoms with Gasteiger partial charge in [0.2, 0.25) is 46.6 Å². The van der Waals surface area contributed by atoms with E-state index in [9.17, 15) is 48.3 Å². The average molecular weight is 1090 g/mol. The third-order valence-corrected chi connectivity index (χ3v) is 13.6. The predicted molar refractivity (Wildman–Crippen MR) is 286 cm³/mol. The van der Waals surface area contributed by atoms with Crippen LogP contribution in [0.25, 0.3) is 11.1 Å². The number of unbranched alkanes of at least 4 members (excludes halogenated alkanes) is 1. The first kappa shape index (κ1) is 60.9. The van der Waals surface area contributed by atoms with Gasteiger partial charge in [0.1, 0.15) is 12.1 Å². The van der Waals surface area contributed by atoms with Crippen molar-refractivity contribution in [2.45, 2.75) is 122 Å². The molecule has 0 spiro atoms. The number of anilines is 1. The van der Waals surface area contributed by atoms with Crippen molar-refractivity contribution >= 4 is 53.1 Å². The number of amides is 8. The third kappa shape index (κ3) is 17.5. The number of piperidine rings is 1. The summed E-state index contributed by atoms with van der Waals surface area (Å²) in [5.41, 5.74) is 11.2. The highest BCUT2D eigenvalue weighted by molar-refractivity contribution is 5.98. The Morgan fingerprint density at radius 3 is 2.03 bits per heavy atom. The molecule has 1 aliphatic carbocycles. The number of nitrogens with zero attached hydrogens (tertiary/aromatic N) is 1. The Labute approximate surface area is 453 Å². The number of aliphatic carboxylic acids is 1. The van der Waals surface area contributed by atoms with Gasteiger partial charge in [0, 0.05) is 56.6 Å². The summed E-state index contributed by atoms with van der Waals surface area (Å²) in [6, 6.07) is 9.91. The topological polar surface area (TPSA) is 321 Å². The number of carbonyl (C=O) groups excluding carboxylic acids is 7. The van der Waals surface area contributed by atoms with Crippen LogP contribution in [0, 0.1) is 11.8 Å². The van der Waals surface area contributed by atoms with E-state index in [-0.39, 0.29) is 87.0 Å². The number of rotatable bonds is 28. The molecule has 23 nitrogen and oxygen atoms in total. The molecule has 0 aromatic heterocycles. The van der Waals surface area contributed by atoms with Crippen molar-refractivity contribution in [3.05, 3.63) is 75.4 Å². The molecular weight excluding hydrogens is 1010 g/mol. The van der Waals surface area contributed by atoms with E-state index in [1.165, 1.54) is 34.5 Å². The summed E-state index contributed by atoms with van der Waals surface area (Å²) in [4.78, 5) is 122. The fraction of sp³-hybridized carbons (Fsp3) is 0.509. The summed E-state index contributed by atoms with van der Waals surface area (Å²) in [7, 11) is 5.99. The molecule has 78 heavy (non-hydrogen) atoms. The number of nitrogens with two attached hydrogens (primary N) is 1. The number of methoxy groups -OCH3 is 4. The minimum Gasteiger partial charge on any atom is -0.493 e. The molecule has 1 aliphatic heterocycles. The van der Waals surface area contributed by atoms with Gasteiger partial charge < -0.3 is 61.3 Å². The Morgan fingerprint density at radius 2 is 1.40 bits per heavy atom. The molecule has 3 aromatic rings. The summed E-state index contributed by atoms with van der Waals surface area (Å²) in [6.45, 7) is 4.29. The van der Waals surface area contributed by atoms with E-state index in [4.69, 9.17) is 29.5 Å². The molecular formula is C55H74N8O15. The van der Waals surface area contributed by atoms with Gasteiger partial charge in [-0.2, -0.15) is 0 Å². The van der Waals surface area contributed by atoms with Crippen LogP contribution in [0.2, 0.25) is 0 Å². The Hall–Kier alpha value is -7.95. The normalized spacial score (nSPS) is 14.7. The van der Waals surface area contributed by atoms with Crippen molar-refractivity contribution in [1.29, 1.82) is 0 Å².